The fourth-order valence-corrected chi connectivity index (χ4v) is 3.34. The van der Waals surface area contributed by atoms with E-state index in [1.807, 2.05) is 7.05 Å². The van der Waals surface area contributed by atoms with Gasteiger partial charge in [-0.15, -0.1) is 0 Å². The second kappa shape index (κ2) is 6.86. The summed E-state index contributed by atoms with van der Waals surface area (Å²) in [6.45, 7) is 3.22. The van der Waals surface area contributed by atoms with Gasteiger partial charge in [-0.2, -0.15) is 0 Å². The molecule has 2 atom stereocenters. The molecule has 0 amide bonds. The Balaban J connectivity index is 1.70. The van der Waals surface area contributed by atoms with Gasteiger partial charge in [-0.1, -0.05) is 12.1 Å². The SMILES string of the molecule is CN1CC[C@H](NCC2=CCCOC2)[C@@H]1c1ccc(F)c(F)c1. The first-order chi connectivity index (χ1) is 10.6. The molecule has 3 nitrogen and oxygen atoms in total. The molecule has 2 aliphatic rings. The molecule has 0 spiro atoms. The van der Waals surface area contributed by atoms with Crippen molar-refractivity contribution in [3.63, 3.8) is 0 Å². The Morgan fingerprint density at radius 2 is 2.18 bits per heavy atom. The van der Waals surface area contributed by atoms with Crippen LogP contribution in [0.25, 0.3) is 0 Å². The molecule has 120 valence electrons. The second-order valence-electron chi connectivity index (χ2n) is 6.08. The maximum atomic E-state index is 13.5. The Labute approximate surface area is 129 Å². The molecule has 1 aromatic rings. The Hall–Kier alpha value is -1.30. The van der Waals surface area contributed by atoms with Gasteiger partial charge in [0.1, 0.15) is 0 Å². The summed E-state index contributed by atoms with van der Waals surface area (Å²) in [5, 5.41) is 3.56. The first-order valence-corrected chi connectivity index (χ1v) is 7.79. The minimum absolute atomic E-state index is 0.0696. The van der Waals surface area contributed by atoms with Crippen LogP contribution in [0.5, 0.6) is 0 Å². The lowest BCUT2D eigenvalue weighted by atomic mass is 9.99. The minimum Gasteiger partial charge on any atom is -0.377 e. The number of halogens is 2. The number of likely N-dealkylation sites (N-methyl/N-ethyl adjacent to an activating group) is 1. The van der Waals surface area contributed by atoms with Gasteiger partial charge < -0.3 is 10.1 Å². The lowest BCUT2D eigenvalue weighted by molar-refractivity contribution is 0.148. The zero-order valence-electron chi connectivity index (χ0n) is 12.8. The van der Waals surface area contributed by atoms with Gasteiger partial charge in [-0.25, -0.2) is 8.78 Å². The molecule has 1 saturated heterocycles. The summed E-state index contributed by atoms with van der Waals surface area (Å²) >= 11 is 0. The molecule has 1 fully saturated rings. The predicted molar refractivity (Wildman–Crippen MR) is 81.7 cm³/mol. The van der Waals surface area contributed by atoms with E-state index in [1.54, 1.807) is 6.07 Å². The van der Waals surface area contributed by atoms with Crippen LogP contribution in [0.2, 0.25) is 0 Å². The first kappa shape index (κ1) is 15.6. The molecule has 22 heavy (non-hydrogen) atoms. The lowest BCUT2D eigenvalue weighted by Crippen LogP contribution is -2.37. The molecule has 0 aromatic heterocycles. The molecular weight excluding hydrogens is 286 g/mol. The van der Waals surface area contributed by atoms with Crippen molar-refractivity contribution in [1.29, 1.82) is 0 Å². The van der Waals surface area contributed by atoms with E-state index in [1.165, 1.54) is 17.7 Å². The lowest BCUT2D eigenvalue weighted by Gasteiger charge is -2.27. The number of nitrogens with one attached hydrogen (secondary N) is 1. The summed E-state index contributed by atoms with van der Waals surface area (Å²) in [7, 11) is 2.02. The largest absolute Gasteiger partial charge is 0.377 e. The second-order valence-corrected chi connectivity index (χ2v) is 6.08. The average molecular weight is 308 g/mol. The van der Waals surface area contributed by atoms with Crippen molar-refractivity contribution in [3.05, 3.63) is 47.0 Å². The van der Waals surface area contributed by atoms with Gasteiger partial charge in [0.15, 0.2) is 11.6 Å². The van der Waals surface area contributed by atoms with Crippen molar-refractivity contribution in [1.82, 2.24) is 10.2 Å². The Morgan fingerprint density at radius 3 is 2.91 bits per heavy atom. The Bertz CT molecular complexity index is 562. The first-order valence-electron chi connectivity index (χ1n) is 7.79. The topological polar surface area (TPSA) is 24.5 Å². The van der Waals surface area contributed by atoms with Gasteiger partial charge >= 0.3 is 0 Å². The highest BCUT2D eigenvalue weighted by molar-refractivity contribution is 5.24. The van der Waals surface area contributed by atoms with E-state index in [2.05, 4.69) is 16.3 Å². The summed E-state index contributed by atoms with van der Waals surface area (Å²) < 4.78 is 32.1. The fraction of sp³-hybridized carbons (Fsp3) is 0.529. The highest BCUT2D eigenvalue weighted by Gasteiger charge is 2.33. The van der Waals surface area contributed by atoms with Gasteiger partial charge in [0.25, 0.3) is 0 Å². The smallest absolute Gasteiger partial charge is 0.159 e. The third-order valence-corrected chi connectivity index (χ3v) is 4.51. The average Bonchev–Trinajstić information content (AvgIpc) is 2.90. The van der Waals surface area contributed by atoms with E-state index < -0.39 is 11.6 Å². The van der Waals surface area contributed by atoms with E-state index in [9.17, 15) is 8.78 Å². The normalized spacial score (nSPS) is 26.2. The zero-order valence-corrected chi connectivity index (χ0v) is 12.8. The van der Waals surface area contributed by atoms with Crippen molar-refractivity contribution in [2.45, 2.75) is 24.9 Å². The number of hydrogen-bond acceptors (Lipinski definition) is 3. The van der Waals surface area contributed by atoms with Crippen LogP contribution in [0.15, 0.2) is 29.8 Å². The van der Waals surface area contributed by atoms with Crippen LogP contribution in [-0.2, 0) is 4.74 Å². The summed E-state index contributed by atoms with van der Waals surface area (Å²) in [5.41, 5.74) is 2.09. The van der Waals surface area contributed by atoms with E-state index in [0.29, 0.717) is 6.61 Å². The molecule has 0 saturated carbocycles. The maximum Gasteiger partial charge on any atom is 0.159 e. The summed E-state index contributed by atoms with van der Waals surface area (Å²) in [6.07, 6.45) is 4.18. The number of rotatable bonds is 4. The van der Waals surface area contributed by atoms with Gasteiger partial charge in [0.05, 0.1) is 13.2 Å². The van der Waals surface area contributed by atoms with E-state index >= 15 is 0 Å². The van der Waals surface area contributed by atoms with Crippen molar-refractivity contribution in [2.24, 2.45) is 0 Å². The van der Waals surface area contributed by atoms with E-state index in [0.717, 1.165) is 38.1 Å². The summed E-state index contributed by atoms with van der Waals surface area (Å²) in [6, 6.07) is 4.52. The number of ether oxygens (including phenoxy) is 1. The number of benzene rings is 1. The third-order valence-electron chi connectivity index (χ3n) is 4.51. The highest BCUT2D eigenvalue weighted by Crippen LogP contribution is 2.31. The molecule has 1 aromatic carbocycles. The van der Waals surface area contributed by atoms with Crippen LogP contribution in [0, 0.1) is 11.6 Å². The third kappa shape index (κ3) is 3.37. The summed E-state index contributed by atoms with van der Waals surface area (Å²) in [4.78, 5) is 2.19. The quantitative estimate of drug-likeness (QED) is 0.866. The van der Waals surface area contributed by atoms with E-state index in [-0.39, 0.29) is 12.1 Å². The standard InChI is InChI=1S/C17H22F2N2O/c1-21-7-6-16(20-10-12-3-2-8-22-11-12)17(21)13-4-5-14(18)15(19)9-13/h3-5,9,16-17,20H,2,6-8,10-11H2,1H3/t16-,17-/m0/s1. The highest BCUT2D eigenvalue weighted by atomic mass is 19.2. The molecule has 2 aliphatic heterocycles. The molecule has 0 aliphatic carbocycles. The molecular formula is C17H22F2N2O. The minimum atomic E-state index is -0.793. The number of likely N-dealkylation sites (tertiary alicyclic amines) is 1. The molecule has 3 rings (SSSR count). The summed E-state index contributed by atoms with van der Waals surface area (Å²) in [5.74, 6) is -1.57. The number of hydrogen-bond donors (Lipinski definition) is 1. The van der Waals surface area contributed by atoms with Gasteiger partial charge in [0, 0.05) is 25.2 Å². The van der Waals surface area contributed by atoms with Crippen LogP contribution in [0.3, 0.4) is 0 Å². The van der Waals surface area contributed by atoms with Crippen LogP contribution in [0.4, 0.5) is 8.78 Å². The molecule has 0 radical (unpaired) electrons. The predicted octanol–water partition coefficient (Wildman–Crippen LogP) is 2.65. The fourth-order valence-electron chi connectivity index (χ4n) is 3.34. The monoisotopic (exact) mass is 308 g/mol. The number of nitrogens with zero attached hydrogens (tertiary/aromatic N) is 1. The molecule has 0 unspecified atom stereocenters. The Kier molecular flexibility index (Phi) is 4.86. The van der Waals surface area contributed by atoms with Crippen LogP contribution in [-0.4, -0.2) is 44.3 Å². The zero-order chi connectivity index (χ0) is 15.5. The molecule has 2 heterocycles. The van der Waals surface area contributed by atoms with Crippen LogP contribution in [0.1, 0.15) is 24.4 Å². The van der Waals surface area contributed by atoms with Crippen molar-refractivity contribution in [3.8, 4) is 0 Å². The van der Waals surface area contributed by atoms with Crippen LogP contribution < -0.4 is 5.32 Å². The van der Waals surface area contributed by atoms with Gasteiger partial charge in [-0.05, 0) is 43.2 Å². The molecule has 5 heteroatoms. The van der Waals surface area contributed by atoms with Crippen molar-refractivity contribution < 1.29 is 13.5 Å². The molecule has 0 bridgehead atoms. The van der Waals surface area contributed by atoms with Gasteiger partial charge in [-0.3, -0.25) is 4.90 Å². The van der Waals surface area contributed by atoms with Crippen molar-refractivity contribution >= 4 is 0 Å². The van der Waals surface area contributed by atoms with Crippen molar-refractivity contribution in [2.75, 3.05) is 33.4 Å². The molecule has 1 N–H and O–H groups in total. The van der Waals surface area contributed by atoms with Crippen LogP contribution >= 0.6 is 0 Å². The maximum absolute atomic E-state index is 13.5. The van der Waals surface area contributed by atoms with Gasteiger partial charge in [0.2, 0.25) is 0 Å². The Morgan fingerprint density at radius 1 is 1.32 bits per heavy atom. The van der Waals surface area contributed by atoms with E-state index in [4.69, 9.17) is 4.74 Å².